The monoisotopic (exact) mass is 445 g/mol. The molecule has 168 valence electrons. The molecule has 1 saturated heterocycles. The topological polar surface area (TPSA) is 75.4 Å². The van der Waals surface area contributed by atoms with Crippen molar-refractivity contribution in [3.8, 4) is 11.3 Å². The van der Waals surface area contributed by atoms with Gasteiger partial charge in [0.05, 0.1) is 5.92 Å². The summed E-state index contributed by atoms with van der Waals surface area (Å²) in [5.41, 5.74) is 2.76. The lowest BCUT2D eigenvalue weighted by molar-refractivity contribution is -0.135. The van der Waals surface area contributed by atoms with E-state index in [9.17, 15) is 9.18 Å². The predicted molar refractivity (Wildman–Crippen MR) is 123 cm³/mol. The smallest absolute Gasteiger partial charge is 0.263 e. The average Bonchev–Trinajstić information content (AvgIpc) is 3.29. The molecule has 0 spiro atoms. The van der Waals surface area contributed by atoms with Gasteiger partial charge in [-0.25, -0.2) is 9.37 Å². The first-order valence-electron chi connectivity index (χ1n) is 11.0. The summed E-state index contributed by atoms with van der Waals surface area (Å²) in [5.74, 6) is 0.355. The zero-order valence-corrected chi connectivity index (χ0v) is 18.3. The largest absolute Gasteiger partial charge is 0.355 e. The first-order valence-corrected chi connectivity index (χ1v) is 11.0. The minimum atomic E-state index is -0.319. The highest BCUT2D eigenvalue weighted by Gasteiger charge is 2.30. The van der Waals surface area contributed by atoms with Gasteiger partial charge in [0.1, 0.15) is 29.0 Å². The molecule has 1 amide bonds. The van der Waals surface area contributed by atoms with E-state index >= 15 is 0 Å². The fourth-order valence-corrected chi connectivity index (χ4v) is 4.43. The van der Waals surface area contributed by atoms with Gasteiger partial charge in [-0.1, -0.05) is 35.5 Å². The van der Waals surface area contributed by atoms with E-state index in [1.807, 2.05) is 37.4 Å². The van der Waals surface area contributed by atoms with Crippen LogP contribution in [0.5, 0.6) is 0 Å². The fourth-order valence-electron chi connectivity index (χ4n) is 4.43. The molecule has 0 N–H and O–H groups in total. The number of aromatic nitrogens is 3. The maximum Gasteiger partial charge on any atom is 0.263 e. The second kappa shape index (κ2) is 8.97. The van der Waals surface area contributed by atoms with Crippen molar-refractivity contribution < 1.29 is 13.7 Å². The minimum Gasteiger partial charge on any atom is -0.355 e. The van der Waals surface area contributed by atoms with Crippen LogP contribution in [0.2, 0.25) is 0 Å². The Labute approximate surface area is 190 Å². The lowest BCUT2D eigenvalue weighted by Crippen LogP contribution is -2.43. The van der Waals surface area contributed by atoms with Crippen LogP contribution < -0.4 is 4.90 Å². The molecule has 1 aliphatic heterocycles. The van der Waals surface area contributed by atoms with Crippen molar-refractivity contribution in [3.63, 3.8) is 0 Å². The van der Waals surface area contributed by atoms with E-state index in [0.717, 1.165) is 30.5 Å². The van der Waals surface area contributed by atoms with E-state index in [1.165, 1.54) is 18.5 Å². The molecule has 0 saturated carbocycles. The van der Waals surface area contributed by atoms with Gasteiger partial charge in [-0.2, -0.15) is 4.98 Å². The minimum absolute atomic E-state index is 0.123. The third-order valence-corrected chi connectivity index (χ3v) is 6.08. The molecule has 1 aliphatic rings. The molecule has 3 heterocycles. The van der Waals surface area contributed by atoms with Crippen molar-refractivity contribution in [2.75, 3.05) is 25.0 Å². The van der Waals surface area contributed by atoms with Crippen LogP contribution in [0.3, 0.4) is 0 Å². The standard InChI is InChI=1S/C25H24FN5O2/c1-30(14-17-6-3-2-4-7-17)25(32)19-8-5-13-31(15-19)23-21-22(18-9-11-20(26)12-10-18)29-33-24(21)28-16-27-23/h2-4,6-7,9-12,16,19H,5,8,13-15H2,1H3/t19-/m1/s1. The van der Waals surface area contributed by atoms with Crippen LogP contribution in [0.15, 0.2) is 65.4 Å². The summed E-state index contributed by atoms with van der Waals surface area (Å²) in [6.45, 7) is 1.90. The summed E-state index contributed by atoms with van der Waals surface area (Å²) in [7, 11) is 1.85. The summed E-state index contributed by atoms with van der Waals surface area (Å²) in [6, 6.07) is 16.1. The summed E-state index contributed by atoms with van der Waals surface area (Å²) in [5, 5.41) is 4.85. The summed E-state index contributed by atoms with van der Waals surface area (Å²) >= 11 is 0. The van der Waals surface area contributed by atoms with E-state index < -0.39 is 0 Å². The summed E-state index contributed by atoms with van der Waals surface area (Å²) < 4.78 is 18.9. The molecule has 1 atom stereocenters. The van der Waals surface area contributed by atoms with Gasteiger partial charge in [0.2, 0.25) is 5.91 Å². The van der Waals surface area contributed by atoms with Gasteiger partial charge in [-0.3, -0.25) is 4.79 Å². The lowest BCUT2D eigenvalue weighted by Gasteiger charge is -2.34. The van der Waals surface area contributed by atoms with Gasteiger partial charge in [0.25, 0.3) is 5.71 Å². The SMILES string of the molecule is CN(Cc1ccccc1)C(=O)[C@@H]1CCCN(c2ncnc3onc(-c4ccc(F)cc4)c23)C1. The van der Waals surface area contributed by atoms with E-state index in [2.05, 4.69) is 20.0 Å². The number of carbonyl (C=O) groups is 1. The molecule has 8 heteroatoms. The van der Waals surface area contributed by atoms with Crippen LogP contribution in [-0.4, -0.2) is 46.1 Å². The molecule has 0 bridgehead atoms. The highest BCUT2D eigenvalue weighted by molar-refractivity contribution is 5.98. The number of amides is 1. The zero-order valence-electron chi connectivity index (χ0n) is 18.3. The molecule has 0 aliphatic carbocycles. The van der Waals surface area contributed by atoms with Crippen molar-refractivity contribution in [1.82, 2.24) is 20.0 Å². The van der Waals surface area contributed by atoms with Crippen LogP contribution >= 0.6 is 0 Å². The van der Waals surface area contributed by atoms with Crippen molar-refractivity contribution in [1.29, 1.82) is 0 Å². The summed E-state index contributed by atoms with van der Waals surface area (Å²) in [4.78, 5) is 25.9. The number of nitrogens with zero attached hydrogens (tertiary/aromatic N) is 5. The van der Waals surface area contributed by atoms with E-state index in [-0.39, 0.29) is 17.6 Å². The van der Waals surface area contributed by atoms with Gasteiger partial charge in [-0.15, -0.1) is 0 Å². The molecule has 0 radical (unpaired) electrons. The number of anilines is 1. The maximum absolute atomic E-state index is 13.4. The van der Waals surface area contributed by atoms with Gasteiger partial charge in [0.15, 0.2) is 0 Å². The normalized spacial score (nSPS) is 16.2. The number of benzene rings is 2. The Balaban J connectivity index is 1.40. The van der Waals surface area contributed by atoms with Crippen LogP contribution in [-0.2, 0) is 11.3 Å². The first kappa shape index (κ1) is 21.1. The van der Waals surface area contributed by atoms with Gasteiger partial charge < -0.3 is 14.3 Å². The first-order chi connectivity index (χ1) is 16.1. The van der Waals surface area contributed by atoms with Crippen molar-refractivity contribution in [2.24, 2.45) is 5.92 Å². The molecule has 0 unspecified atom stereocenters. The Morgan fingerprint density at radius 1 is 1.15 bits per heavy atom. The molecule has 4 aromatic rings. The fraction of sp³-hybridized carbons (Fsp3) is 0.280. The second-order valence-electron chi connectivity index (χ2n) is 8.38. The number of halogens is 1. The Hall–Kier alpha value is -3.81. The van der Waals surface area contributed by atoms with Gasteiger partial charge in [0, 0.05) is 32.2 Å². The molecule has 2 aromatic carbocycles. The van der Waals surface area contributed by atoms with E-state index in [1.54, 1.807) is 17.0 Å². The van der Waals surface area contributed by atoms with Gasteiger partial charge >= 0.3 is 0 Å². The zero-order chi connectivity index (χ0) is 22.8. The molecular formula is C25H24FN5O2. The van der Waals surface area contributed by atoms with Crippen molar-refractivity contribution in [2.45, 2.75) is 19.4 Å². The second-order valence-corrected chi connectivity index (χ2v) is 8.38. The van der Waals surface area contributed by atoms with Crippen LogP contribution in [0.25, 0.3) is 22.4 Å². The lowest BCUT2D eigenvalue weighted by atomic mass is 9.96. The molecule has 5 rings (SSSR count). The number of carbonyl (C=O) groups excluding carboxylic acids is 1. The van der Waals surface area contributed by atoms with E-state index in [0.29, 0.717) is 35.7 Å². The maximum atomic E-state index is 13.4. The Kier molecular flexibility index (Phi) is 5.73. The van der Waals surface area contributed by atoms with E-state index in [4.69, 9.17) is 4.52 Å². The third-order valence-electron chi connectivity index (χ3n) is 6.08. The van der Waals surface area contributed by atoms with Crippen molar-refractivity contribution in [3.05, 3.63) is 72.3 Å². The van der Waals surface area contributed by atoms with Crippen molar-refractivity contribution >= 4 is 22.8 Å². The molecule has 1 fully saturated rings. The molecule has 7 nitrogen and oxygen atoms in total. The molecular weight excluding hydrogens is 421 g/mol. The predicted octanol–water partition coefficient (Wildman–Crippen LogP) is 4.30. The number of piperidine rings is 1. The Morgan fingerprint density at radius 2 is 1.94 bits per heavy atom. The Bertz CT molecular complexity index is 1260. The number of fused-ring (bicyclic) bond motifs is 1. The average molecular weight is 445 g/mol. The molecule has 33 heavy (non-hydrogen) atoms. The van der Waals surface area contributed by atoms with Gasteiger partial charge in [-0.05, 0) is 42.7 Å². The third kappa shape index (κ3) is 4.28. The molecule has 2 aromatic heterocycles. The number of hydrogen-bond donors (Lipinski definition) is 0. The van der Waals surface area contributed by atoms with Crippen LogP contribution in [0, 0.1) is 11.7 Å². The number of rotatable bonds is 5. The number of hydrogen-bond acceptors (Lipinski definition) is 6. The summed E-state index contributed by atoms with van der Waals surface area (Å²) in [6.07, 6.45) is 3.15. The van der Waals surface area contributed by atoms with Crippen LogP contribution in [0.1, 0.15) is 18.4 Å². The highest BCUT2D eigenvalue weighted by atomic mass is 19.1. The highest BCUT2D eigenvalue weighted by Crippen LogP contribution is 2.35. The Morgan fingerprint density at radius 3 is 2.73 bits per heavy atom. The quantitative estimate of drug-likeness (QED) is 0.456. The van der Waals surface area contributed by atoms with Crippen LogP contribution in [0.4, 0.5) is 10.2 Å².